The predicted molar refractivity (Wildman–Crippen MR) is 105 cm³/mol. The van der Waals surface area contributed by atoms with Gasteiger partial charge in [-0.3, -0.25) is 5.10 Å². The Hall–Kier alpha value is -3.21. The molecule has 0 amide bonds. The SMILES string of the molecule is C[C@H]1CC[C@H](Nc2ncc(C(F)(F)F)c(-c3n[nH]c4nn5ccccc5c34)n2)CN1. The molecule has 0 aliphatic carbocycles. The predicted octanol–water partition coefficient (Wildman–Crippen LogP) is 3.24. The van der Waals surface area contributed by atoms with E-state index in [0.29, 0.717) is 29.1 Å². The Balaban J connectivity index is 1.61. The molecule has 4 aromatic rings. The molecule has 0 saturated carbocycles. The summed E-state index contributed by atoms with van der Waals surface area (Å²) in [6.45, 7) is 2.80. The minimum atomic E-state index is -4.62. The number of hydrogen-bond donors (Lipinski definition) is 3. The van der Waals surface area contributed by atoms with E-state index in [1.165, 1.54) is 0 Å². The molecule has 0 radical (unpaired) electrons. The molecular weight excluding hydrogens is 397 g/mol. The van der Waals surface area contributed by atoms with Crippen LogP contribution >= 0.6 is 0 Å². The van der Waals surface area contributed by atoms with Crippen molar-refractivity contribution in [2.24, 2.45) is 0 Å². The highest BCUT2D eigenvalue weighted by molar-refractivity contribution is 6.02. The van der Waals surface area contributed by atoms with E-state index in [4.69, 9.17) is 0 Å². The van der Waals surface area contributed by atoms with Gasteiger partial charge >= 0.3 is 6.18 Å². The topological polar surface area (TPSA) is 95.8 Å². The van der Waals surface area contributed by atoms with Crippen LogP contribution in [0.3, 0.4) is 0 Å². The molecule has 11 heteroatoms. The summed E-state index contributed by atoms with van der Waals surface area (Å²) in [7, 11) is 0. The monoisotopic (exact) mass is 416 g/mol. The molecule has 1 saturated heterocycles. The molecule has 0 spiro atoms. The van der Waals surface area contributed by atoms with Gasteiger partial charge in [-0.05, 0) is 31.9 Å². The number of aromatic nitrogens is 6. The number of halogens is 3. The van der Waals surface area contributed by atoms with E-state index in [1.54, 1.807) is 28.9 Å². The third-order valence-corrected chi connectivity index (χ3v) is 5.36. The molecular formula is C19H19F3N8. The first-order valence-corrected chi connectivity index (χ1v) is 9.66. The smallest absolute Gasteiger partial charge is 0.350 e. The summed E-state index contributed by atoms with van der Waals surface area (Å²) in [6.07, 6.45) is -0.233. The van der Waals surface area contributed by atoms with Crippen LogP contribution in [0.4, 0.5) is 19.1 Å². The minimum absolute atomic E-state index is 0.0435. The first kappa shape index (κ1) is 18.8. The fraction of sp³-hybridized carbons (Fsp3) is 0.368. The molecule has 4 aromatic heterocycles. The average Bonchev–Trinajstić information content (AvgIpc) is 3.28. The largest absolute Gasteiger partial charge is 0.420 e. The maximum Gasteiger partial charge on any atom is 0.420 e. The number of fused-ring (bicyclic) bond motifs is 3. The zero-order valence-electron chi connectivity index (χ0n) is 16.0. The Kier molecular flexibility index (Phi) is 4.35. The van der Waals surface area contributed by atoms with Crippen molar-refractivity contribution in [2.75, 3.05) is 11.9 Å². The number of nitrogens with one attached hydrogen (secondary N) is 3. The number of piperidine rings is 1. The first-order chi connectivity index (χ1) is 14.4. The summed E-state index contributed by atoms with van der Waals surface area (Å²) in [4.78, 5) is 8.17. The third-order valence-electron chi connectivity index (χ3n) is 5.36. The second-order valence-corrected chi connectivity index (χ2v) is 7.51. The van der Waals surface area contributed by atoms with E-state index < -0.39 is 11.7 Å². The van der Waals surface area contributed by atoms with Crippen LogP contribution in [-0.2, 0) is 6.18 Å². The average molecular weight is 416 g/mol. The van der Waals surface area contributed by atoms with Crippen LogP contribution in [0.15, 0.2) is 30.6 Å². The van der Waals surface area contributed by atoms with Gasteiger partial charge in [-0.2, -0.15) is 18.3 Å². The Morgan fingerprint density at radius 3 is 2.83 bits per heavy atom. The van der Waals surface area contributed by atoms with Crippen molar-refractivity contribution in [3.05, 3.63) is 36.2 Å². The molecule has 1 fully saturated rings. The summed E-state index contributed by atoms with van der Waals surface area (Å²) in [5.41, 5.74) is -0.0838. The molecule has 156 valence electrons. The summed E-state index contributed by atoms with van der Waals surface area (Å²) < 4.78 is 42.8. The molecule has 3 N–H and O–H groups in total. The fourth-order valence-electron chi connectivity index (χ4n) is 3.79. The number of alkyl halides is 3. The highest BCUT2D eigenvalue weighted by Gasteiger charge is 2.37. The highest BCUT2D eigenvalue weighted by Crippen LogP contribution is 2.38. The van der Waals surface area contributed by atoms with E-state index in [-0.39, 0.29) is 23.4 Å². The third kappa shape index (κ3) is 3.24. The molecule has 0 aromatic carbocycles. The van der Waals surface area contributed by atoms with Crippen molar-refractivity contribution in [3.8, 4) is 11.4 Å². The Morgan fingerprint density at radius 1 is 1.20 bits per heavy atom. The molecule has 0 unspecified atom stereocenters. The fourth-order valence-corrected chi connectivity index (χ4v) is 3.79. The molecule has 30 heavy (non-hydrogen) atoms. The van der Waals surface area contributed by atoms with Gasteiger partial charge in [0.25, 0.3) is 0 Å². The van der Waals surface area contributed by atoms with Gasteiger partial charge in [0.15, 0.2) is 5.65 Å². The van der Waals surface area contributed by atoms with E-state index in [1.807, 2.05) is 0 Å². The standard InChI is InChI=1S/C19H19F3N8/c1-10-5-6-11(8-23-10)25-18-24-9-12(19(20,21)22)15(26-18)16-14-13-4-2-3-7-30(13)29-17(14)28-27-16/h2-4,7,9-11,23H,5-6,8H2,1H3,(H,28,29)(H,24,25,26)/t10-,11-/m0/s1. The number of anilines is 1. The van der Waals surface area contributed by atoms with E-state index in [2.05, 4.69) is 42.8 Å². The second kappa shape index (κ2) is 6.94. The van der Waals surface area contributed by atoms with Crippen molar-refractivity contribution in [2.45, 2.75) is 38.0 Å². The summed E-state index contributed by atoms with van der Waals surface area (Å²) >= 11 is 0. The highest BCUT2D eigenvalue weighted by atomic mass is 19.4. The molecule has 1 aliphatic rings. The van der Waals surface area contributed by atoms with Crippen LogP contribution in [-0.4, -0.2) is 48.4 Å². The van der Waals surface area contributed by atoms with Gasteiger partial charge in [0, 0.05) is 31.0 Å². The zero-order valence-corrected chi connectivity index (χ0v) is 16.0. The minimum Gasteiger partial charge on any atom is -0.350 e. The summed E-state index contributed by atoms with van der Waals surface area (Å²) in [6, 6.07) is 5.82. The quantitative estimate of drug-likeness (QED) is 0.475. The lowest BCUT2D eigenvalue weighted by molar-refractivity contribution is -0.137. The van der Waals surface area contributed by atoms with Gasteiger partial charge in [0.2, 0.25) is 5.95 Å². The maximum absolute atomic E-state index is 13.7. The molecule has 2 atom stereocenters. The Labute approximate surface area is 168 Å². The number of rotatable bonds is 3. The van der Waals surface area contributed by atoms with Crippen molar-refractivity contribution in [1.29, 1.82) is 0 Å². The summed E-state index contributed by atoms with van der Waals surface area (Å²) in [5.74, 6) is 0.145. The van der Waals surface area contributed by atoms with E-state index in [0.717, 1.165) is 19.0 Å². The first-order valence-electron chi connectivity index (χ1n) is 9.66. The van der Waals surface area contributed by atoms with Crippen LogP contribution in [0.2, 0.25) is 0 Å². The normalized spacial score (nSPS) is 20.1. The van der Waals surface area contributed by atoms with Gasteiger partial charge < -0.3 is 10.6 Å². The van der Waals surface area contributed by atoms with E-state index >= 15 is 0 Å². The lowest BCUT2D eigenvalue weighted by Crippen LogP contribution is -2.43. The number of aromatic amines is 1. The van der Waals surface area contributed by atoms with E-state index in [9.17, 15) is 13.2 Å². The van der Waals surface area contributed by atoms with Crippen molar-refractivity contribution in [3.63, 3.8) is 0 Å². The van der Waals surface area contributed by atoms with Gasteiger partial charge in [0.1, 0.15) is 17.0 Å². The molecule has 0 bridgehead atoms. The number of hydrogen-bond acceptors (Lipinski definition) is 6. The number of pyridine rings is 1. The van der Waals surface area contributed by atoms with Crippen LogP contribution in [0.5, 0.6) is 0 Å². The Morgan fingerprint density at radius 2 is 2.07 bits per heavy atom. The van der Waals surface area contributed by atoms with Gasteiger partial charge in [-0.25, -0.2) is 14.5 Å². The van der Waals surface area contributed by atoms with Crippen LogP contribution < -0.4 is 10.6 Å². The maximum atomic E-state index is 13.7. The molecule has 5 rings (SSSR count). The van der Waals surface area contributed by atoms with Gasteiger partial charge in [0.05, 0.1) is 10.9 Å². The molecule has 5 heterocycles. The lowest BCUT2D eigenvalue weighted by atomic mass is 10.0. The van der Waals surface area contributed by atoms with Gasteiger partial charge in [-0.1, -0.05) is 6.07 Å². The molecule has 8 nitrogen and oxygen atoms in total. The van der Waals surface area contributed by atoms with Crippen LogP contribution in [0.25, 0.3) is 27.9 Å². The van der Waals surface area contributed by atoms with Crippen molar-refractivity contribution < 1.29 is 13.2 Å². The summed E-state index contributed by atoms with van der Waals surface area (Å²) in [5, 5.41) is 18.1. The van der Waals surface area contributed by atoms with Crippen LogP contribution in [0, 0.1) is 0 Å². The van der Waals surface area contributed by atoms with Crippen molar-refractivity contribution >= 4 is 22.5 Å². The Bertz CT molecular complexity index is 1200. The van der Waals surface area contributed by atoms with Crippen molar-refractivity contribution in [1.82, 2.24) is 35.1 Å². The second-order valence-electron chi connectivity index (χ2n) is 7.51. The lowest BCUT2D eigenvalue weighted by Gasteiger charge is -2.28. The number of nitrogens with zero attached hydrogens (tertiary/aromatic N) is 5. The van der Waals surface area contributed by atoms with Crippen LogP contribution in [0.1, 0.15) is 25.3 Å². The zero-order chi connectivity index (χ0) is 20.9. The molecule has 1 aliphatic heterocycles. The number of H-pyrrole nitrogens is 1. The van der Waals surface area contributed by atoms with Gasteiger partial charge in [-0.15, -0.1) is 5.10 Å².